The van der Waals surface area contributed by atoms with Gasteiger partial charge in [-0.25, -0.2) is 9.78 Å². The van der Waals surface area contributed by atoms with Crippen LogP contribution in [0.3, 0.4) is 0 Å². The number of aromatic amines is 1. The molecule has 35 heavy (non-hydrogen) atoms. The van der Waals surface area contributed by atoms with Gasteiger partial charge in [0.05, 0.1) is 10.4 Å². The third-order valence-corrected chi connectivity index (χ3v) is 7.36. The number of pyridine rings is 1. The second-order valence-electron chi connectivity index (χ2n) is 10.1. The van der Waals surface area contributed by atoms with Gasteiger partial charge in [-0.1, -0.05) is 13.8 Å². The SMILES string of the molecule is CC(C)(CN1CCN(c2cc(-c3n[nH]c4ccc([N+](=O)[O-])cc34)ccn2)CC1)C1CN(C(=O)O)C1. The number of fused-ring (bicyclic) bond motifs is 1. The van der Waals surface area contributed by atoms with E-state index in [0.717, 1.165) is 49.6 Å². The Kier molecular flexibility index (Phi) is 5.79. The Morgan fingerprint density at radius 2 is 1.94 bits per heavy atom. The number of nitrogens with zero attached hydrogens (tertiary/aromatic N) is 6. The molecule has 0 radical (unpaired) electrons. The predicted molar refractivity (Wildman–Crippen MR) is 132 cm³/mol. The summed E-state index contributed by atoms with van der Waals surface area (Å²) in [7, 11) is 0. The normalized spacial score (nSPS) is 17.5. The summed E-state index contributed by atoms with van der Waals surface area (Å²) in [5.41, 5.74) is 2.36. The van der Waals surface area contributed by atoms with Crippen LogP contribution in [0.1, 0.15) is 13.8 Å². The lowest BCUT2D eigenvalue weighted by atomic mass is 9.74. The Labute approximate surface area is 202 Å². The first-order valence-corrected chi connectivity index (χ1v) is 11.8. The summed E-state index contributed by atoms with van der Waals surface area (Å²) in [6, 6.07) is 8.55. The number of benzene rings is 1. The summed E-state index contributed by atoms with van der Waals surface area (Å²) in [6.45, 7) is 10.1. The van der Waals surface area contributed by atoms with Crippen LogP contribution in [0.25, 0.3) is 22.2 Å². The van der Waals surface area contributed by atoms with Crippen molar-refractivity contribution in [3.63, 3.8) is 0 Å². The van der Waals surface area contributed by atoms with Crippen LogP contribution in [0.2, 0.25) is 0 Å². The predicted octanol–water partition coefficient (Wildman–Crippen LogP) is 3.29. The van der Waals surface area contributed by atoms with E-state index in [1.54, 1.807) is 18.3 Å². The molecule has 4 heterocycles. The van der Waals surface area contributed by atoms with Crippen molar-refractivity contribution in [2.75, 3.05) is 50.7 Å². The minimum Gasteiger partial charge on any atom is -0.465 e. The summed E-state index contributed by atoms with van der Waals surface area (Å²) in [5, 5.41) is 28.4. The Hall–Kier alpha value is -3.73. The molecule has 0 spiro atoms. The molecule has 0 saturated carbocycles. The minimum atomic E-state index is -0.832. The number of H-pyrrole nitrogens is 1. The first kappa shape index (κ1) is 23.0. The molecular formula is C24H29N7O4. The summed E-state index contributed by atoms with van der Waals surface area (Å²) in [4.78, 5) is 32.7. The standard InChI is InChI=1S/C24H29N7O4/c1-24(2,17-13-30(14-17)23(32)33)15-28-7-9-29(10-8-28)21-11-16(5-6-25-21)22-19-12-18(31(34)35)3-4-20(19)26-27-22/h3-6,11-12,17H,7-10,13-15H2,1-2H3,(H,26,27)(H,32,33). The van der Waals surface area contributed by atoms with Crippen molar-refractivity contribution in [3.05, 3.63) is 46.6 Å². The Balaban J connectivity index is 1.25. The molecule has 0 unspecified atom stereocenters. The van der Waals surface area contributed by atoms with E-state index in [4.69, 9.17) is 5.11 Å². The van der Waals surface area contributed by atoms with Gasteiger partial charge >= 0.3 is 6.09 Å². The van der Waals surface area contributed by atoms with Crippen LogP contribution in [0.4, 0.5) is 16.3 Å². The number of piperazine rings is 1. The zero-order chi connectivity index (χ0) is 24.7. The van der Waals surface area contributed by atoms with Crippen LogP contribution in [0.15, 0.2) is 36.5 Å². The Morgan fingerprint density at radius 1 is 1.20 bits per heavy atom. The summed E-state index contributed by atoms with van der Waals surface area (Å²) >= 11 is 0. The van der Waals surface area contributed by atoms with Gasteiger partial charge in [-0.15, -0.1) is 0 Å². The van der Waals surface area contributed by atoms with Gasteiger partial charge < -0.3 is 14.9 Å². The molecule has 1 aromatic carbocycles. The highest BCUT2D eigenvalue weighted by atomic mass is 16.6. The number of aromatic nitrogens is 3. The maximum Gasteiger partial charge on any atom is 0.407 e. The highest BCUT2D eigenvalue weighted by Gasteiger charge is 2.42. The molecule has 0 atom stereocenters. The molecule has 2 aliphatic rings. The maximum atomic E-state index is 11.2. The Morgan fingerprint density at radius 3 is 2.63 bits per heavy atom. The smallest absolute Gasteiger partial charge is 0.407 e. The van der Waals surface area contributed by atoms with E-state index in [-0.39, 0.29) is 11.1 Å². The molecule has 184 valence electrons. The topological polar surface area (TPSA) is 132 Å². The molecule has 2 aromatic heterocycles. The van der Waals surface area contributed by atoms with Gasteiger partial charge in [0, 0.05) is 81.0 Å². The van der Waals surface area contributed by atoms with Crippen molar-refractivity contribution in [3.8, 4) is 11.3 Å². The quantitative estimate of drug-likeness (QED) is 0.407. The van der Waals surface area contributed by atoms with Crippen LogP contribution in [-0.2, 0) is 0 Å². The summed E-state index contributed by atoms with van der Waals surface area (Å²) < 4.78 is 0. The van der Waals surface area contributed by atoms with E-state index in [9.17, 15) is 14.9 Å². The van der Waals surface area contributed by atoms with Crippen LogP contribution >= 0.6 is 0 Å². The van der Waals surface area contributed by atoms with Crippen LogP contribution in [0, 0.1) is 21.4 Å². The second-order valence-corrected chi connectivity index (χ2v) is 10.1. The van der Waals surface area contributed by atoms with Crippen LogP contribution in [0.5, 0.6) is 0 Å². The number of nitro groups is 1. The van der Waals surface area contributed by atoms with E-state index in [0.29, 0.717) is 30.1 Å². The van der Waals surface area contributed by atoms with Gasteiger partial charge in [0.1, 0.15) is 11.5 Å². The zero-order valence-corrected chi connectivity index (χ0v) is 19.8. The van der Waals surface area contributed by atoms with Gasteiger partial charge in [-0.3, -0.25) is 20.1 Å². The van der Waals surface area contributed by atoms with E-state index in [2.05, 4.69) is 38.8 Å². The first-order valence-electron chi connectivity index (χ1n) is 11.8. The van der Waals surface area contributed by atoms with Gasteiger partial charge in [0.2, 0.25) is 0 Å². The van der Waals surface area contributed by atoms with E-state index in [1.807, 2.05) is 12.1 Å². The van der Waals surface area contributed by atoms with Crippen molar-refractivity contribution >= 4 is 28.5 Å². The Bertz CT molecular complexity index is 1260. The molecule has 1 amide bonds. The minimum absolute atomic E-state index is 0.0334. The number of carbonyl (C=O) groups is 1. The van der Waals surface area contributed by atoms with Gasteiger partial charge in [0.25, 0.3) is 5.69 Å². The number of hydrogen-bond donors (Lipinski definition) is 2. The van der Waals surface area contributed by atoms with Gasteiger partial charge in [-0.2, -0.15) is 5.10 Å². The number of carboxylic acid groups (broad SMARTS) is 1. The molecule has 5 rings (SSSR count). The number of nitro benzene ring substituents is 1. The fourth-order valence-electron chi connectivity index (χ4n) is 5.04. The largest absolute Gasteiger partial charge is 0.465 e. The molecule has 2 saturated heterocycles. The molecular weight excluding hydrogens is 450 g/mol. The van der Waals surface area contributed by atoms with E-state index in [1.165, 1.54) is 11.0 Å². The summed E-state index contributed by atoms with van der Waals surface area (Å²) in [6.07, 6.45) is 0.921. The molecule has 2 fully saturated rings. The monoisotopic (exact) mass is 479 g/mol. The molecule has 2 aliphatic heterocycles. The highest BCUT2D eigenvalue weighted by Crippen LogP contribution is 2.36. The average Bonchev–Trinajstić information content (AvgIpc) is 3.21. The van der Waals surface area contributed by atoms with Crippen LogP contribution in [-0.4, -0.2) is 86.9 Å². The van der Waals surface area contributed by atoms with Crippen LogP contribution < -0.4 is 4.90 Å². The molecule has 11 heteroatoms. The molecule has 3 aromatic rings. The van der Waals surface area contributed by atoms with Crippen molar-refractivity contribution in [1.82, 2.24) is 25.0 Å². The molecule has 11 nitrogen and oxygen atoms in total. The molecule has 0 aliphatic carbocycles. The van der Waals surface area contributed by atoms with Gasteiger partial charge in [0.15, 0.2) is 0 Å². The third kappa shape index (κ3) is 4.51. The van der Waals surface area contributed by atoms with E-state index < -0.39 is 11.0 Å². The number of nitrogens with one attached hydrogen (secondary N) is 1. The lowest BCUT2D eigenvalue weighted by molar-refractivity contribution is -0.384. The third-order valence-electron chi connectivity index (χ3n) is 7.36. The molecule has 2 N–H and O–H groups in total. The number of likely N-dealkylation sites (tertiary alicyclic amines) is 1. The average molecular weight is 480 g/mol. The van der Waals surface area contributed by atoms with Gasteiger partial charge in [-0.05, 0) is 23.6 Å². The second kappa shape index (κ2) is 8.81. The zero-order valence-electron chi connectivity index (χ0n) is 19.8. The van der Waals surface area contributed by atoms with E-state index >= 15 is 0 Å². The summed E-state index contributed by atoms with van der Waals surface area (Å²) in [5.74, 6) is 1.24. The maximum absolute atomic E-state index is 11.2. The number of non-ortho nitro benzene ring substituents is 1. The lowest BCUT2D eigenvalue weighted by Crippen LogP contribution is -2.58. The van der Waals surface area contributed by atoms with Crippen molar-refractivity contribution in [2.45, 2.75) is 13.8 Å². The number of rotatable bonds is 6. The highest BCUT2D eigenvalue weighted by molar-refractivity contribution is 5.94. The van der Waals surface area contributed by atoms with Crippen molar-refractivity contribution in [2.24, 2.45) is 11.3 Å². The first-order chi connectivity index (χ1) is 16.7. The fraction of sp³-hybridized carbons (Fsp3) is 0.458. The number of amides is 1. The molecule has 0 bridgehead atoms. The van der Waals surface area contributed by atoms with Crippen molar-refractivity contribution < 1.29 is 14.8 Å². The lowest BCUT2D eigenvalue weighted by Gasteiger charge is -2.49. The number of hydrogen-bond acceptors (Lipinski definition) is 7. The fourth-order valence-corrected chi connectivity index (χ4v) is 5.04. The van der Waals surface area contributed by atoms with Crippen molar-refractivity contribution in [1.29, 1.82) is 0 Å². The number of anilines is 1.